The van der Waals surface area contributed by atoms with Crippen LogP contribution in [0.4, 0.5) is 0 Å². The molecule has 2 aromatic carbocycles. The number of nitrogens with zero attached hydrogens (tertiary/aromatic N) is 1. The molecule has 3 N–H and O–H groups in total. The fourth-order valence-electron chi connectivity index (χ4n) is 1.99. The maximum atomic E-state index is 9.69. The first-order valence-corrected chi connectivity index (χ1v) is 5.67. The number of nitrogens with one attached hydrogen (secondary N) is 1. The molecular formula is C14H12N2O2. The zero-order valence-electron chi connectivity index (χ0n) is 9.59. The van der Waals surface area contributed by atoms with Gasteiger partial charge in [-0.2, -0.15) is 0 Å². The molecule has 0 atom stereocenters. The molecule has 1 aromatic heterocycles. The number of H-pyrrole nitrogens is 1. The second kappa shape index (κ2) is 4.07. The largest absolute Gasteiger partial charge is 0.506 e. The van der Waals surface area contributed by atoms with Gasteiger partial charge in [0.1, 0.15) is 28.4 Å². The molecule has 0 radical (unpaired) electrons. The molecule has 0 amide bonds. The molecule has 4 nitrogen and oxygen atoms in total. The Labute approximate surface area is 104 Å². The Hall–Kier alpha value is -2.49. The summed E-state index contributed by atoms with van der Waals surface area (Å²) in [5.74, 6) is 0.876. The lowest BCUT2D eigenvalue weighted by molar-refractivity contribution is 0.468. The molecule has 18 heavy (non-hydrogen) atoms. The lowest BCUT2D eigenvalue weighted by atomic mass is 10.1. The van der Waals surface area contributed by atoms with Gasteiger partial charge < -0.3 is 15.2 Å². The van der Waals surface area contributed by atoms with Crippen LogP contribution in [-0.2, 0) is 6.42 Å². The Kier molecular flexibility index (Phi) is 2.41. The SMILES string of the molecule is Oc1ccc(O)c2[nH]c(Cc3ccccc3)nc12. The minimum atomic E-state index is 0.0679. The van der Waals surface area contributed by atoms with Crippen molar-refractivity contribution >= 4 is 11.0 Å². The summed E-state index contributed by atoms with van der Waals surface area (Å²) >= 11 is 0. The predicted octanol–water partition coefficient (Wildman–Crippen LogP) is 2.56. The number of aromatic amines is 1. The summed E-state index contributed by atoms with van der Waals surface area (Å²) in [7, 11) is 0. The third kappa shape index (κ3) is 1.78. The molecule has 0 aliphatic rings. The number of rotatable bonds is 2. The summed E-state index contributed by atoms with van der Waals surface area (Å²) in [6.07, 6.45) is 0.633. The molecule has 0 saturated carbocycles. The summed E-state index contributed by atoms with van der Waals surface area (Å²) in [6, 6.07) is 12.8. The number of imidazole rings is 1. The van der Waals surface area contributed by atoms with E-state index >= 15 is 0 Å². The van der Waals surface area contributed by atoms with Crippen LogP contribution in [0.2, 0.25) is 0 Å². The highest BCUT2D eigenvalue weighted by Crippen LogP contribution is 2.29. The lowest BCUT2D eigenvalue weighted by Crippen LogP contribution is -1.89. The zero-order valence-corrected chi connectivity index (χ0v) is 9.59. The molecule has 90 valence electrons. The van der Waals surface area contributed by atoms with Crippen molar-refractivity contribution in [2.45, 2.75) is 6.42 Å². The maximum absolute atomic E-state index is 9.69. The van der Waals surface area contributed by atoms with Gasteiger partial charge >= 0.3 is 0 Å². The second-order valence-electron chi connectivity index (χ2n) is 4.17. The van der Waals surface area contributed by atoms with Gasteiger partial charge in [-0.1, -0.05) is 30.3 Å². The Bertz CT molecular complexity index is 651. The molecule has 1 heterocycles. The minimum absolute atomic E-state index is 0.0679. The quantitative estimate of drug-likeness (QED) is 0.603. The molecule has 0 aliphatic heterocycles. The van der Waals surface area contributed by atoms with Gasteiger partial charge in [-0.05, 0) is 17.7 Å². The molecule has 3 rings (SSSR count). The van der Waals surface area contributed by atoms with Crippen LogP contribution in [0, 0.1) is 0 Å². The fraction of sp³-hybridized carbons (Fsp3) is 0.0714. The van der Waals surface area contributed by atoms with Crippen molar-refractivity contribution < 1.29 is 10.2 Å². The van der Waals surface area contributed by atoms with E-state index in [4.69, 9.17) is 0 Å². The van der Waals surface area contributed by atoms with Crippen LogP contribution < -0.4 is 0 Å². The van der Waals surface area contributed by atoms with E-state index in [1.807, 2.05) is 30.3 Å². The van der Waals surface area contributed by atoms with E-state index in [-0.39, 0.29) is 11.5 Å². The zero-order chi connectivity index (χ0) is 12.5. The van der Waals surface area contributed by atoms with E-state index in [2.05, 4.69) is 9.97 Å². The number of phenolic OH excluding ortho intramolecular Hbond substituents is 2. The van der Waals surface area contributed by atoms with Crippen LogP contribution in [-0.4, -0.2) is 20.2 Å². The van der Waals surface area contributed by atoms with Gasteiger partial charge in [0.05, 0.1) is 0 Å². The predicted molar refractivity (Wildman–Crippen MR) is 68.7 cm³/mol. The molecule has 4 heteroatoms. The number of hydrogen-bond acceptors (Lipinski definition) is 3. The number of fused-ring (bicyclic) bond motifs is 1. The van der Waals surface area contributed by atoms with Crippen LogP contribution in [0.25, 0.3) is 11.0 Å². The molecular weight excluding hydrogens is 228 g/mol. The van der Waals surface area contributed by atoms with Crippen LogP contribution in [0.1, 0.15) is 11.4 Å². The normalized spacial score (nSPS) is 10.9. The van der Waals surface area contributed by atoms with Gasteiger partial charge in [-0.3, -0.25) is 0 Å². The summed E-state index contributed by atoms with van der Waals surface area (Å²) in [4.78, 5) is 7.33. The lowest BCUT2D eigenvalue weighted by Gasteiger charge is -1.96. The fourth-order valence-corrected chi connectivity index (χ4v) is 1.99. The van der Waals surface area contributed by atoms with E-state index in [9.17, 15) is 10.2 Å². The number of aromatic hydroxyl groups is 2. The molecule has 0 saturated heterocycles. The Balaban J connectivity index is 2.04. The maximum Gasteiger partial charge on any atom is 0.143 e. The number of phenols is 2. The van der Waals surface area contributed by atoms with Crippen LogP contribution in [0.3, 0.4) is 0 Å². The number of aromatic nitrogens is 2. The van der Waals surface area contributed by atoms with Crippen LogP contribution in [0.5, 0.6) is 11.5 Å². The van der Waals surface area contributed by atoms with Crippen molar-refractivity contribution in [3.05, 3.63) is 53.9 Å². The standard InChI is InChI=1S/C14H12N2O2/c17-10-6-7-11(18)14-13(10)15-12(16-14)8-9-4-2-1-3-5-9/h1-7,17-18H,8H2,(H,15,16). The Morgan fingerprint density at radius 1 is 0.944 bits per heavy atom. The van der Waals surface area contributed by atoms with E-state index < -0.39 is 0 Å². The monoisotopic (exact) mass is 240 g/mol. The second-order valence-corrected chi connectivity index (χ2v) is 4.17. The van der Waals surface area contributed by atoms with E-state index in [1.54, 1.807) is 0 Å². The van der Waals surface area contributed by atoms with E-state index in [0.29, 0.717) is 23.3 Å². The molecule has 0 bridgehead atoms. The summed E-state index contributed by atoms with van der Waals surface area (Å²) < 4.78 is 0. The smallest absolute Gasteiger partial charge is 0.143 e. The average molecular weight is 240 g/mol. The van der Waals surface area contributed by atoms with Crippen molar-refractivity contribution in [1.29, 1.82) is 0 Å². The van der Waals surface area contributed by atoms with Crippen LogP contribution in [0.15, 0.2) is 42.5 Å². The molecule has 0 fully saturated rings. The first kappa shape index (κ1) is 10.7. The van der Waals surface area contributed by atoms with Gasteiger partial charge in [0.25, 0.3) is 0 Å². The van der Waals surface area contributed by atoms with E-state index in [0.717, 1.165) is 5.56 Å². The summed E-state index contributed by atoms with van der Waals surface area (Å²) in [5.41, 5.74) is 2.00. The number of benzene rings is 2. The van der Waals surface area contributed by atoms with Gasteiger partial charge in [0, 0.05) is 6.42 Å². The van der Waals surface area contributed by atoms with Crippen molar-refractivity contribution in [3.8, 4) is 11.5 Å². The highest BCUT2D eigenvalue weighted by Gasteiger charge is 2.10. The van der Waals surface area contributed by atoms with Gasteiger partial charge in [-0.15, -0.1) is 0 Å². The van der Waals surface area contributed by atoms with Crippen molar-refractivity contribution in [2.75, 3.05) is 0 Å². The van der Waals surface area contributed by atoms with E-state index in [1.165, 1.54) is 12.1 Å². The molecule has 0 aliphatic carbocycles. The van der Waals surface area contributed by atoms with Crippen molar-refractivity contribution in [2.24, 2.45) is 0 Å². The highest BCUT2D eigenvalue weighted by molar-refractivity contribution is 5.86. The van der Waals surface area contributed by atoms with Crippen LogP contribution >= 0.6 is 0 Å². The first-order chi connectivity index (χ1) is 8.74. The van der Waals surface area contributed by atoms with Crippen molar-refractivity contribution in [3.63, 3.8) is 0 Å². The topological polar surface area (TPSA) is 69.1 Å². The Morgan fingerprint density at radius 3 is 2.39 bits per heavy atom. The average Bonchev–Trinajstić information content (AvgIpc) is 2.80. The third-order valence-corrected chi connectivity index (χ3v) is 2.87. The molecule has 0 unspecified atom stereocenters. The van der Waals surface area contributed by atoms with Crippen molar-refractivity contribution in [1.82, 2.24) is 9.97 Å². The van der Waals surface area contributed by atoms with Gasteiger partial charge in [-0.25, -0.2) is 4.98 Å². The Morgan fingerprint density at radius 2 is 1.67 bits per heavy atom. The molecule has 0 spiro atoms. The van der Waals surface area contributed by atoms with Gasteiger partial charge in [0.2, 0.25) is 0 Å². The summed E-state index contributed by atoms with van der Waals surface area (Å²) in [6.45, 7) is 0. The summed E-state index contributed by atoms with van der Waals surface area (Å²) in [5, 5.41) is 19.4. The molecule has 3 aromatic rings. The first-order valence-electron chi connectivity index (χ1n) is 5.67. The third-order valence-electron chi connectivity index (χ3n) is 2.87. The minimum Gasteiger partial charge on any atom is -0.506 e. The number of hydrogen-bond donors (Lipinski definition) is 3. The van der Waals surface area contributed by atoms with Gasteiger partial charge in [0.15, 0.2) is 0 Å². The highest BCUT2D eigenvalue weighted by atomic mass is 16.3.